The summed E-state index contributed by atoms with van der Waals surface area (Å²) in [5, 5.41) is 2.79. The van der Waals surface area contributed by atoms with Gasteiger partial charge in [0.05, 0.1) is 5.54 Å². The van der Waals surface area contributed by atoms with Crippen LogP contribution in [0.25, 0.3) is 0 Å². The summed E-state index contributed by atoms with van der Waals surface area (Å²) in [5.41, 5.74) is 12.2. The number of amides is 1. The fourth-order valence-corrected chi connectivity index (χ4v) is 3.16. The van der Waals surface area contributed by atoms with Gasteiger partial charge in [0, 0.05) is 25.7 Å². The van der Waals surface area contributed by atoms with E-state index in [1.807, 2.05) is 18.2 Å². The number of likely N-dealkylation sites (tertiary alicyclic amines) is 1. The molecule has 2 saturated heterocycles. The average Bonchev–Trinajstić information content (AvgIpc) is 2.80. The molecule has 0 spiro atoms. The Bertz CT molecular complexity index is 505. The number of nitrogens with one attached hydrogen (secondary N) is 1. The van der Waals surface area contributed by atoms with Crippen LogP contribution in [0, 0.1) is 0 Å². The van der Waals surface area contributed by atoms with Gasteiger partial charge in [0.25, 0.3) is 0 Å². The van der Waals surface area contributed by atoms with Crippen molar-refractivity contribution in [2.24, 2.45) is 11.5 Å². The molecule has 102 valence electrons. The molecule has 2 aliphatic heterocycles. The lowest BCUT2D eigenvalue weighted by Crippen LogP contribution is -2.66. The minimum absolute atomic E-state index is 0.127. The number of nitrogens with two attached hydrogens (primary N) is 2. The number of hydrogen-bond donors (Lipinski definition) is 3. The van der Waals surface area contributed by atoms with E-state index in [0.29, 0.717) is 19.6 Å². The van der Waals surface area contributed by atoms with Crippen molar-refractivity contribution >= 4 is 5.91 Å². The van der Waals surface area contributed by atoms with Crippen molar-refractivity contribution in [1.82, 2.24) is 10.2 Å². The Morgan fingerprint density at radius 1 is 1.26 bits per heavy atom. The van der Waals surface area contributed by atoms with Gasteiger partial charge in [0.1, 0.15) is 5.54 Å². The van der Waals surface area contributed by atoms with Crippen LogP contribution in [0.4, 0.5) is 0 Å². The largest absolute Gasteiger partial charge is 0.352 e. The quantitative estimate of drug-likeness (QED) is 0.675. The predicted octanol–water partition coefficient (Wildman–Crippen LogP) is -0.412. The molecular formula is C14H20N4O. The van der Waals surface area contributed by atoms with Crippen LogP contribution in [0.5, 0.6) is 0 Å². The van der Waals surface area contributed by atoms with Gasteiger partial charge in [-0.25, -0.2) is 0 Å². The van der Waals surface area contributed by atoms with Crippen molar-refractivity contribution in [3.05, 3.63) is 35.9 Å². The van der Waals surface area contributed by atoms with E-state index >= 15 is 0 Å². The van der Waals surface area contributed by atoms with Crippen LogP contribution < -0.4 is 16.8 Å². The van der Waals surface area contributed by atoms with E-state index in [-0.39, 0.29) is 11.9 Å². The summed E-state index contributed by atoms with van der Waals surface area (Å²) >= 11 is 0. The highest BCUT2D eigenvalue weighted by molar-refractivity contribution is 5.92. The third-order valence-electron chi connectivity index (χ3n) is 4.63. The van der Waals surface area contributed by atoms with E-state index in [4.69, 9.17) is 11.5 Å². The Morgan fingerprint density at radius 3 is 2.58 bits per heavy atom. The minimum atomic E-state index is -0.962. The molecule has 0 unspecified atom stereocenters. The van der Waals surface area contributed by atoms with Crippen LogP contribution >= 0.6 is 0 Å². The zero-order chi connectivity index (χ0) is 13.7. The van der Waals surface area contributed by atoms with E-state index in [1.54, 1.807) is 0 Å². The molecule has 2 aliphatic rings. The second-order valence-electron chi connectivity index (χ2n) is 5.80. The van der Waals surface area contributed by atoms with Gasteiger partial charge < -0.3 is 16.8 Å². The number of rotatable bonds is 2. The molecule has 2 heterocycles. The lowest BCUT2D eigenvalue weighted by Gasteiger charge is -2.28. The molecular weight excluding hydrogens is 240 g/mol. The molecule has 3 atom stereocenters. The molecule has 0 radical (unpaired) electrons. The smallest absolute Gasteiger partial charge is 0.243 e. The highest BCUT2D eigenvalue weighted by Crippen LogP contribution is 2.36. The van der Waals surface area contributed by atoms with Crippen LogP contribution in [-0.4, -0.2) is 41.5 Å². The van der Waals surface area contributed by atoms with E-state index in [2.05, 4.69) is 29.3 Å². The fraction of sp³-hybridized carbons (Fsp3) is 0.500. The predicted molar refractivity (Wildman–Crippen MR) is 73.3 cm³/mol. The maximum Gasteiger partial charge on any atom is 0.243 e. The maximum atomic E-state index is 11.9. The monoisotopic (exact) mass is 260 g/mol. The maximum absolute atomic E-state index is 11.9. The van der Waals surface area contributed by atoms with E-state index < -0.39 is 11.1 Å². The van der Waals surface area contributed by atoms with Crippen LogP contribution in [0.1, 0.15) is 18.5 Å². The van der Waals surface area contributed by atoms with Crippen molar-refractivity contribution < 1.29 is 4.79 Å². The first-order valence-electron chi connectivity index (χ1n) is 6.61. The second-order valence-corrected chi connectivity index (χ2v) is 5.80. The van der Waals surface area contributed by atoms with Gasteiger partial charge in [-0.1, -0.05) is 30.3 Å². The van der Waals surface area contributed by atoms with Crippen LogP contribution in [0.15, 0.2) is 30.3 Å². The summed E-state index contributed by atoms with van der Waals surface area (Å²) in [5.74, 6) is -0.127. The first kappa shape index (κ1) is 12.6. The molecule has 1 aromatic rings. The summed E-state index contributed by atoms with van der Waals surface area (Å²) in [4.78, 5) is 14.1. The van der Waals surface area contributed by atoms with E-state index in [0.717, 1.165) is 0 Å². The number of benzene rings is 1. The van der Waals surface area contributed by atoms with Crippen molar-refractivity contribution in [2.75, 3.05) is 19.6 Å². The fourth-order valence-electron chi connectivity index (χ4n) is 3.16. The van der Waals surface area contributed by atoms with Gasteiger partial charge in [0.15, 0.2) is 0 Å². The summed E-state index contributed by atoms with van der Waals surface area (Å²) in [6.45, 7) is 3.73. The SMILES string of the molecule is C[C@H](c1ccccc1)N1C[C@@]2(N)CNC(=O)[C@@]2(N)C1. The summed E-state index contributed by atoms with van der Waals surface area (Å²) in [6.07, 6.45) is 0. The van der Waals surface area contributed by atoms with Crippen molar-refractivity contribution in [2.45, 2.75) is 24.0 Å². The van der Waals surface area contributed by atoms with Crippen molar-refractivity contribution in [3.8, 4) is 0 Å². The Balaban J connectivity index is 1.85. The standard InChI is InChI=1S/C14H20N4O/c1-10(11-5-3-2-4-6-11)18-8-13(15)7-17-12(19)14(13,16)9-18/h2-6,10H,7-9,15-16H2,1H3,(H,17,19)/t10-,13+,14+/m1/s1. The molecule has 0 saturated carbocycles. The zero-order valence-corrected chi connectivity index (χ0v) is 11.1. The second kappa shape index (κ2) is 4.03. The highest BCUT2D eigenvalue weighted by atomic mass is 16.2. The molecule has 5 heteroatoms. The summed E-state index contributed by atoms with van der Waals surface area (Å²) in [7, 11) is 0. The lowest BCUT2D eigenvalue weighted by molar-refractivity contribution is -0.123. The van der Waals surface area contributed by atoms with Gasteiger partial charge in [0.2, 0.25) is 5.91 Å². The topological polar surface area (TPSA) is 84.4 Å². The molecule has 3 rings (SSSR count). The molecule has 0 bridgehead atoms. The molecule has 0 aromatic heterocycles. The van der Waals surface area contributed by atoms with Gasteiger partial charge >= 0.3 is 0 Å². The van der Waals surface area contributed by atoms with Crippen LogP contribution in [0.2, 0.25) is 0 Å². The number of nitrogens with zero attached hydrogens (tertiary/aromatic N) is 1. The van der Waals surface area contributed by atoms with Gasteiger partial charge in [-0.3, -0.25) is 9.69 Å². The Morgan fingerprint density at radius 2 is 1.95 bits per heavy atom. The van der Waals surface area contributed by atoms with Gasteiger partial charge in [-0.05, 0) is 12.5 Å². The van der Waals surface area contributed by atoms with E-state index in [9.17, 15) is 4.79 Å². The lowest BCUT2D eigenvalue weighted by atomic mass is 9.84. The highest BCUT2D eigenvalue weighted by Gasteiger charge is 2.62. The van der Waals surface area contributed by atoms with Gasteiger partial charge in [-0.15, -0.1) is 0 Å². The zero-order valence-electron chi connectivity index (χ0n) is 11.1. The first-order chi connectivity index (χ1) is 8.96. The third kappa shape index (κ3) is 1.69. The number of hydrogen-bond acceptors (Lipinski definition) is 4. The summed E-state index contributed by atoms with van der Waals surface area (Å²) < 4.78 is 0. The normalized spacial score (nSPS) is 36.1. The van der Waals surface area contributed by atoms with Crippen LogP contribution in [0.3, 0.4) is 0 Å². The minimum Gasteiger partial charge on any atom is -0.352 e. The Kier molecular flexibility index (Phi) is 2.67. The Hall–Kier alpha value is -1.43. The Labute approximate surface area is 112 Å². The van der Waals surface area contributed by atoms with Crippen LogP contribution in [-0.2, 0) is 4.79 Å². The molecule has 2 fully saturated rings. The van der Waals surface area contributed by atoms with Crippen molar-refractivity contribution in [3.63, 3.8) is 0 Å². The molecule has 1 aromatic carbocycles. The first-order valence-corrected chi connectivity index (χ1v) is 6.61. The van der Waals surface area contributed by atoms with Crippen molar-refractivity contribution in [1.29, 1.82) is 0 Å². The summed E-state index contributed by atoms with van der Waals surface area (Å²) in [6, 6.07) is 10.4. The van der Waals surface area contributed by atoms with Gasteiger partial charge in [-0.2, -0.15) is 0 Å². The molecule has 5 N–H and O–H groups in total. The number of fused-ring (bicyclic) bond motifs is 1. The molecule has 19 heavy (non-hydrogen) atoms. The van der Waals surface area contributed by atoms with E-state index in [1.165, 1.54) is 5.56 Å². The molecule has 5 nitrogen and oxygen atoms in total. The third-order valence-corrected chi connectivity index (χ3v) is 4.63. The molecule has 0 aliphatic carbocycles. The number of carbonyl (C=O) groups is 1. The average molecular weight is 260 g/mol. The number of carbonyl (C=O) groups excluding carboxylic acids is 1. The molecule has 1 amide bonds.